The number of piperazine rings is 1. The Morgan fingerprint density at radius 3 is 2.75 bits per heavy atom. The highest BCUT2D eigenvalue weighted by Crippen LogP contribution is 2.47. The number of fused-ring (bicyclic) bond motifs is 5. The molecule has 2 aromatic rings. The molecule has 5 aliphatic heterocycles. The smallest absolute Gasteiger partial charge is 0.264 e. The largest absolute Gasteiger partial charge is 0.490 e. The number of amides is 1. The van der Waals surface area contributed by atoms with E-state index in [4.69, 9.17) is 25.8 Å². The van der Waals surface area contributed by atoms with Crippen LogP contribution in [0.2, 0.25) is 5.02 Å². The van der Waals surface area contributed by atoms with Crippen LogP contribution in [-0.2, 0) is 31.3 Å². The number of carbonyl (C=O) groups is 1. The predicted molar refractivity (Wildman–Crippen MR) is 212 cm³/mol. The summed E-state index contributed by atoms with van der Waals surface area (Å²) in [4.78, 5) is 20.9. The SMILES string of the molecule is CO[C@@]1(CN2CCN3CCCC[C@@H]3C2)/C(F)=C/C[C@H](C)[C@@H](C)S(=O)(=O)NC(=O)c2ccc3c(c2)N(C[C@@H]2CCO[C@H]21)C[C@@]1(CCCc2cc(Cl)ccc21)CO3. The van der Waals surface area contributed by atoms with Crippen LogP contribution in [0.4, 0.5) is 10.1 Å². The van der Waals surface area contributed by atoms with Crippen molar-refractivity contribution in [2.24, 2.45) is 11.8 Å². The zero-order valence-corrected chi connectivity index (χ0v) is 34.0. The van der Waals surface area contributed by atoms with Gasteiger partial charge in [-0.05, 0) is 112 Å². The first-order valence-corrected chi connectivity index (χ1v) is 22.2. The topological polar surface area (TPSA) is 101 Å². The number of sulfonamides is 1. The van der Waals surface area contributed by atoms with Gasteiger partial charge in [-0.1, -0.05) is 31.0 Å². The second-order valence-corrected chi connectivity index (χ2v) is 19.6. The Labute approximate surface area is 330 Å². The molecule has 2 bridgehead atoms. The number of methoxy groups -OCH3 is 1. The number of rotatable bonds is 3. The summed E-state index contributed by atoms with van der Waals surface area (Å²) in [5, 5.41) is -0.268. The molecule has 13 heteroatoms. The second-order valence-electron chi connectivity index (χ2n) is 17.1. The maximum atomic E-state index is 17.4. The second kappa shape index (κ2) is 15.5. The zero-order chi connectivity index (χ0) is 38.5. The number of piperidine rings is 1. The number of nitrogens with zero attached hydrogens (tertiary/aromatic N) is 3. The minimum absolute atomic E-state index is 0.131. The van der Waals surface area contributed by atoms with Crippen LogP contribution in [0.15, 0.2) is 48.3 Å². The maximum Gasteiger partial charge on any atom is 0.264 e. The lowest BCUT2D eigenvalue weighted by Gasteiger charge is -2.48. The van der Waals surface area contributed by atoms with Crippen LogP contribution in [0.1, 0.15) is 80.3 Å². The average Bonchev–Trinajstić information content (AvgIpc) is 3.59. The molecule has 10 nitrogen and oxygen atoms in total. The van der Waals surface area contributed by atoms with E-state index in [1.165, 1.54) is 30.0 Å². The molecule has 1 N–H and O–H groups in total. The third-order valence-electron chi connectivity index (χ3n) is 13.8. The third-order valence-corrected chi connectivity index (χ3v) is 15.9. The van der Waals surface area contributed by atoms with E-state index >= 15 is 4.39 Å². The molecule has 7 atom stereocenters. The zero-order valence-electron chi connectivity index (χ0n) is 32.4. The van der Waals surface area contributed by atoms with Crippen molar-refractivity contribution in [3.8, 4) is 5.75 Å². The number of halogens is 2. The first kappa shape index (κ1) is 39.1. The fourth-order valence-electron chi connectivity index (χ4n) is 10.4. The van der Waals surface area contributed by atoms with Gasteiger partial charge in [0, 0.05) is 80.9 Å². The molecule has 55 heavy (non-hydrogen) atoms. The van der Waals surface area contributed by atoms with E-state index in [0.717, 1.165) is 51.9 Å². The van der Waals surface area contributed by atoms with Crippen LogP contribution in [0.5, 0.6) is 5.75 Å². The Morgan fingerprint density at radius 2 is 1.91 bits per heavy atom. The van der Waals surface area contributed by atoms with Crippen molar-refractivity contribution in [3.05, 3.63) is 70.0 Å². The number of allylic oxidation sites excluding steroid dienone is 1. The molecule has 0 aromatic heterocycles. The molecule has 1 spiro atoms. The normalized spacial score (nSPS) is 35.4. The van der Waals surface area contributed by atoms with E-state index in [0.29, 0.717) is 61.8 Å². The lowest BCUT2D eigenvalue weighted by atomic mass is 9.70. The number of anilines is 1. The van der Waals surface area contributed by atoms with Crippen molar-refractivity contribution < 1.29 is 31.8 Å². The molecule has 300 valence electrons. The predicted octanol–water partition coefficient (Wildman–Crippen LogP) is 6.11. The van der Waals surface area contributed by atoms with Crippen molar-refractivity contribution in [2.45, 2.75) is 93.6 Å². The Hall–Kier alpha value is -2.74. The highest BCUT2D eigenvalue weighted by Gasteiger charge is 2.53. The van der Waals surface area contributed by atoms with E-state index in [-0.39, 0.29) is 23.3 Å². The molecule has 0 unspecified atom stereocenters. The molecule has 6 aliphatic rings. The summed E-state index contributed by atoms with van der Waals surface area (Å²) in [6, 6.07) is 11.7. The summed E-state index contributed by atoms with van der Waals surface area (Å²) in [7, 11) is -2.52. The van der Waals surface area contributed by atoms with Crippen LogP contribution in [0, 0.1) is 11.8 Å². The number of hydrogen-bond donors (Lipinski definition) is 1. The Balaban J connectivity index is 1.22. The van der Waals surface area contributed by atoms with Gasteiger partial charge in [0.15, 0.2) is 5.60 Å². The first-order chi connectivity index (χ1) is 26.4. The van der Waals surface area contributed by atoms with Gasteiger partial charge < -0.3 is 19.1 Å². The minimum Gasteiger partial charge on any atom is -0.490 e. The van der Waals surface area contributed by atoms with Gasteiger partial charge in [-0.15, -0.1) is 0 Å². The highest BCUT2D eigenvalue weighted by atomic mass is 35.5. The molecule has 2 aromatic carbocycles. The Morgan fingerprint density at radius 1 is 1.05 bits per heavy atom. The molecule has 3 saturated heterocycles. The van der Waals surface area contributed by atoms with Crippen molar-refractivity contribution in [2.75, 3.05) is 71.0 Å². The summed E-state index contributed by atoms with van der Waals surface area (Å²) in [6.45, 7) is 9.33. The minimum atomic E-state index is -4.11. The van der Waals surface area contributed by atoms with Crippen LogP contribution in [-0.4, -0.2) is 113 Å². The maximum absolute atomic E-state index is 17.4. The van der Waals surface area contributed by atoms with Crippen LogP contribution in [0.3, 0.4) is 0 Å². The van der Waals surface area contributed by atoms with E-state index in [1.807, 2.05) is 6.07 Å². The first-order valence-electron chi connectivity index (χ1n) is 20.3. The summed E-state index contributed by atoms with van der Waals surface area (Å²) in [6.07, 6.45) is 8.10. The van der Waals surface area contributed by atoms with Gasteiger partial charge in [0.2, 0.25) is 10.0 Å². The fraction of sp³-hybridized carbons (Fsp3) is 0.643. The molecular formula is C42H56ClFN4O6S. The Kier molecular flexibility index (Phi) is 11.1. The van der Waals surface area contributed by atoms with Gasteiger partial charge in [0.05, 0.1) is 23.6 Å². The number of aryl methyl sites for hydroxylation is 1. The van der Waals surface area contributed by atoms with Gasteiger partial charge in [0.1, 0.15) is 11.6 Å². The molecule has 3 fully saturated rings. The van der Waals surface area contributed by atoms with Gasteiger partial charge in [-0.3, -0.25) is 14.6 Å². The molecule has 8 rings (SSSR count). The molecule has 1 aliphatic carbocycles. The van der Waals surface area contributed by atoms with Crippen LogP contribution < -0.4 is 14.4 Å². The van der Waals surface area contributed by atoms with Crippen molar-refractivity contribution >= 4 is 33.2 Å². The molecule has 5 heterocycles. The lowest BCUT2D eigenvalue weighted by molar-refractivity contribution is -0.128. The van der Waals surface area contributed by atoms with Gasteiger partial charge in [-0.2, -0.15) is 0 Å². The summed E-state index contributed by atoms with van der Waals surface area (Å²) in [5.74, 6) is -1.14. The van der Waals surface area contributed by atoms with Crippen molar-refractivity contribution in [1.29, 1.82) is 0 Å². The Bertz CT molecular complexity index is 1920. The lowest BCUT2D eigenvalue weighted by Crippen LogP contribution is -2.62. The number of ether oxygens (including phenoxy) is 3. The molecule has 0 saturated carbocycles. The van der Waals surface area contributed by atoms with Crippen LogP contribution >= 0.6 is 11.6 Å². The van der Waals surface area contributed by atoms with Gasteiger partial charge in [-0.25, -0.2) is 17.5 Å². The standard InChI is InChI=1S/C42H56ClFN4O6S/c1-28-9-14-38(44)42(52-3,26-46-18-19-47-17-5-4-8-34(47)24-46)39-32(15-20-53-39)23-48-25-41(16-6-7-30-21-33(43)11-12-35(30)41)27-54-37-13-10-31(22-36(37)48)40(49)45-55(50,51)29(28)2/h10-14,21-22,28-29,32,34,39H,4-9,15-20,23-27H2,1-3H3,(H,45,49)/b38-14-/t28-,29+,32-,34+,39+,41-,42-/m0/s1. The quantitative estimate of drug-likeness (QED) is 0.394. The molecule has 1 amide bonds. The van der Waals surface area contributed by atoms with Gasteiger partial charge >= 0.3 is 0 Å². The van der Waals surface area contributed by atoms with Crippen molar-refractivity contribution in [3.63, 3.8) is 0 Å². The average molecular weight is 799 g/mol. The molecule has 0 radical (unpaired) electrons. The summed E-state index contributed by atoms with van der Waals surface area (Å²) >= 11 is 6.50. The highest BCUT2D eigenvalue weighted by molar-refractivity contribution is 7.90. The van der Waals surface area contributed by atoms with E-state index in [1.54, 1.807) is 39.2 Å². The van der Waals surface area contributed by atoms with E-state index < -0.39 is 44.6 Å². The summed E-state index contributed by atoms with van der Waals surface area (Å²) < 4.78 is 66.8. The fourth-order valence-corrected chi connectivity index (χ4v) is 11.9. The number of nitrogens with one attached hydrogen (secondary N) is 1. The molecular weight excluding hydrogens is 743 g/mol. The van der Waals surface area contributed by atoms with E-state index in [9.17, 15) is 13.2 Å². The monoisotopic (exact) mass is 798 g/mol. The van der Waals surface area contributed by atoms with Gasteiger partial charge in [0.25, 0.3) is 5.91 Å². The summed E-state index contributed by atoms with van der Waals surface area (Å²) in [5.41, 5.74) is 1.55. The van der Waals surface area contributed by atoms with Crippen molar-refractivity contribution in [1.82, 2.24) is 14.5 Å². The number of benzene rings is 2. The van der Waals surface area contributed by atoms with E-state index in [2.05, 4.69) is 31.6 Å². The third kappa shape index (κ3) is 7.44. The number of carbonyl (C=O) groups excluding carboxylic acids is 1. The number of hydrogen-bond acceptors (Lipinski definition) is 9. The van der Waals surface area contributed by atoms with Crippen LogP contribution in [0.25, 0.3) is 0 Å².